The van der Waals surface area contributed by atoms with Crippen molar-refractivity contribution in [2.24, 2.45) is 16.6 Å². The second-order valence-electron chi connectivity index (χ2n) is 5.68. The third-order valence-electron chi connectivity index (χ3n) is 3.79. The molecule has 1 unspecified atom stereocenters. The molecule has 0 saturated carbocycles. The first-order valence-corrected chi connectivity index (χ1v) is 8.20. The number of nitrogens with one attached hydrogen (secondary N) is 1. The number of aliphatic imine (C=N–C) groups is 1. The van der Waals surface area contributed by atoms with Crippen LogP contribution in [-0.2, 0) is 22.2 Å². The number of amidine groups is 1. The van der Waals surface area contributed by atoms with Crippen LogP contribution in [0.4, 0.5) is 13.2 Å². The molecule has 4 N–H and O–H groups in total. The van der Waals surface area contributed by atoms with E-state index in [1.807, 2.05) is 0 Å². The highest BCUT2D eigenvalue weighted by Crippen LogP contribution is 2.29. The molecule has 26 heavy (non-hydrogen) atoms. The largest absolute Gasteiger partial charge is 0.416 e. The molecular formula is C17H24F3N3O3. The molecule has 1 atom stereocenters. The fourth-order valence-electron chi connectivity index (χ4n) is 2.35. The van der Waals surface area contributed by atoms with Gasteiger partial charge in [-0.25, -0.2) is 5.48 Å². The molecule has 0 aliphatic heterocycles. The van der Waals surface area contributed by atoms with Crippen molar-refractivity contribution in [3.8, 4) is 0 Å². The van der Waals surface area contributed by atoms with Crippen LogP contribution in [0.25, 0.3) is 0 Å². The zero-order chi connectivity index (χ0) is 19.6. The molecule has 1 rings (SSSR count). The van der Waals surface area contributed by atoms with Crippen LogP contribution in [0.1, 0.15) is 30.4 Å². The molecule has 1 amide bonds. The van der Waals surface area contributed by atoms with E-state index in [9.17, 15) is 18.0 Å². The molecular weight excluding hydrogens is 351 g/mol. The van der Waals surface area contributed by atoms with Gasteiger partial charge in [-0.05, 0) is 37.0 Å². The van der Waals surface area contributed by atoms with Gasteiger partial charge in [-0.15, -0.1) is 0 Å². The van der Waals surface area contributed by atoms with Gasteiger partial charge < -0.3 is 10.8 Å². The van der Waals surface area contributed by atoms with Crippen LogP contribution in [0, 0.1) is 5.92 Å². The number of hydrogen-bond acceptors (Lipinski definition) is 4. The van der Waals surface area contributed by atoms with Crippen LogP contribution < -0.4 is 11.2 Å². The average molecular weight is 375 g/mol. The van der Waals surface area contributed by atoms with Gasteiger partial charge >= 0.3 is 6.18 Å². The summed E-state index contributed by atoms with van der Waals surface area (Å²) in [7, 11) is 1.48. The summed E-state index contributed by atoms with van der Waals surface area (Å²) < 4.78 is 37.6. The van der Waals surface area contributed by atoms with E-state index in [0.29, 0.717) is 25.7 Å². The summed E-state index contributed by atoms with van der Waals surface area (Å²) in [5.74, 6) is -0.938. The normalized spacial score (nSPS) is 13.5. The number of alkyl halides is 3. The molecule has 0 aliphatic carbocycles. The van der Waals surface area contributed by atoms with Crippen LogP contribution in [0.2, 0.25) is 0 Å². The summed E-state index contributed by atoms with van der Waals surface area (Å²) >= 11 is 0. The molecule has 0 saturated heterocycles. The van der Waals surface area contributed by atoms with Gasteiger partial charge in [0, 0.05) is 7.05 Å². The lowest BCUT2D eigenvalue weighted by molar-refractivity contribution is -0.138. The smallest absolute Gasteiger partial charge is 0.394 e. The van der Waals surface area contributed by atoms with Crippen molar-refractivity contribution in [2.75, 3.05) is 20.3 Å². The lowest BCUT2D eigenvalue weighted by Crippen LogP contribution is -2.39. The second kappa shape index (κ2) is 10.8. The fourth-order valence-corrected chi connectivity index (χ4v) is 2.35. The molecule has 0 fully saturated rings. The number of halogens is 3. The monoisotopic (exact) mass is 375 g/mol. The SMILES string of the molecule is CN=C(N)C(CCCCc1ccc(C(F)(F)F)cc1)C(=O)NOCCO. The molecule has 0 bridgehead atoms. The van der Waals surface area contributed by atoms with E-state index in [1.54, 1.807) is 0 Å². The van der Waals surface area contributed by atoms with Crippen molar-refractivity contribution in [3.63, 3.8) is 0 Å². The van der Waals surface area contributed by atoms with E-state index in [2.05, 4.69) is 10.5 Å². The maximum atomic E-state index is 12.5. The predicted octanol–water partition coefficient (Wildman–Crippen LogP) is 2.06. The Kier molecular flexibility index (Phi) is 9.08. The van der Waals surface area contributed by atoms with Crippen molar-refractivity contribution in [1.29, 1.82) is 0 Å². The number of aryl methyl sites for hydroxylation is 1. The summed E-state index contributed by atoms with van der Waals surface area (Å²) in [5.41, 5.74) is 8.08. The van der Waals surface area contributed by atoms with E-state index < -0.39 is 23.6 Å². The van der Waals surface area contributed by atoms with Crippen LogP contribution in [0.3, 0.4) is 0 Å². The van der Waals surface area contributed by atoms with Crippen LogP contribution >= 0.6 is 0 Å². The molecule has 1 aromatic rings. The van der Waals surface area contributed by atoms with Gasteiger partial charge in [0.1, 0.15) is 5.84 Å². The Morgan fingerprint density at radius 1 is 1.31 bits per heavy atom. The third-order valence-corrected chi connectivity index (χ3v) is 3.79. The number of rotatable bonds is 10. The summed E-state index contributed by atoms with van der Waals surface area (Å²) in [6.45, 7) is -0.259. The topological polar surface area (TPSA) is 96.9 Å². The van der Waals surface area contributed by atoms with Crippen molar-refractivity contribution in [3.05, 3.63) is 35.4 Å². The lowest BCUT2D eigenvalue weighted by Gasteiger charge is -2.16. The Balaban J connectivity index is 2.48. The Hall–Kier alpha value is -2.13. The molecule has 0 aliphatic rings. The van der Waals surface area contributed by atoms with Gasteiger partial charge in [-0.2, -0.15) is 13.2 Å². The van der Waals surface area contributed by atoms with E-state index in [4.69, 9.17) is 15.7 Å². The minimum atomic E-state index is -4.34. The number of carbonyl (C=O) groups is 1. The zero-order valence-corrected chi connectivity index (χ0v) is 14.6. The third kappa shape index (κ3) is 7.40. The molecule has 0 heterocycles. The van der Waals surface area contributed by atoms with Gasteiger partial charge in [0.05, 0.1) is 24.7 Å². The van der Waals surface area contributed by atoms with Crippen LogP contribution in [0.15, 0.2) is 29.3 Å². The number of aliphatic hydroxyl groups excluding tert-OH is 1. The summed E-state index contributed by atoms with van der Waals surface area (Å²) in [4.78, 5) is 20.6. The number of unbranched alkanes of at least 4 members (excludes halogenated alkanes) is 1. The van der Waals surface area contributed by atoms with Gasteiger partial charge in [0.25, 0.3) is 5.91 Å². The number of carbonyl (C=O) groups excluding carboxylic acids is 1. The maximum absolute atomic E-state index is 12.5. The van der Waals surface area contributed by atoms with E-state index in [1.165, 1.54) is 19.2 Å². The van der Waals surface area contributed by atoms with Crippen LogP contribution in [-0.4, -0.2) is 37.1 Å². The molecule has 0 aromatic heterocycles. The first-order valence-electron chi connectivity index (χ1n) is 8.20. The first-order chi connectivity index (χ1) is 12.3. The summed E-state index contributed by atoms with van der Waals surface area (Å²) in [5, 5.41) is 8.63. The van der Waals surface area contributed by atoms with Crippen molar-refractivity contribution in [2.45, 2.75) is 31.9 Å². The fraction of sp³-hybridized carbons (Fsp3) is 0.529. The van der Waals surface area contributed by atoms with E-state index in [0.717, 1.165) is 17.7 Å². The number of nitrogens with two attached hydrogens (primary N) is 1. The Bertz CT molecular complexity index is 589. The number of aliphatic hydroxyl groups is 1. The zero-order valence-electron chi connectivity index (χ0n) is 14.6. The minimum absolute atomic E-state index is 0.0322. The average Bonchev–Trinajstić information content (AvgIpc) is 2.61. The Morgan fingerprint density at radius 3 is 2.50 bits per heavy atom. The van der Waals surface area contributed by atoms with Gasteiger partial charge in [-0.3, -0.25) is 14.6 Å². The number of amides is 1. The maximum Gasteiger partial charge on any atom is 0.416 e. The van der Waals surface area contributed by atoms with Gasteiger partial charge in [0.2, 0.25) is 0 Å². The van der Waals surface area contributed by atoms with E-state index in [-0.39, 0.29) is 19.0 Å². The molecule has 0 spiro atoms. The van der Waals surface area contributed by atoms with Crippen molar-refractivity contribution < 1.29 is 27.9 Å². The number of hydroxylamine groups is 1. The minimum Gasteiger partial charge on any atom is -0.394 e. The second-order valence-corrected chi connectivity index (χ2v) is 5.68. The Morgan fingerprint density at radius 2 is 1.96 bits per heavy atom. The number of nitrogens with zero attached hydrogens (tertiary/aromatic N) is 1. The predicted molar refractivity (Wildman–Crippen MR) is 91.2 cm³/mol. The molecule has 9 heteroatoms. The van der Waals surface area contributed by atoms with Crippen LogP contribution in [0.5, 0.6) is 0 Å². The highest BCUT2D eigenvalue weighted by atomic mass is 19.4. The van der Waals surface area contributed by atoms with Gasteiger partial charge in [0.15, 0.2) is 0 Å². The Labute approximate surface area is 150 Å². The number of hydrogen-bond donors (Lipinski definition) is 3. The lowest BCUT2D eigenvalue weighted by atomic mass is 9.97. The quantitative estimate of drug-likeness (QED) is 0.252. The highest BCUT2D eigenvalue weighted by Gasteiger charge is 2.29. The molecule has 1 aromatic carbocycles. The standard InChI is InChI=1S/C17H24F3N3O3/c1-22-15(21)14(16(25)23-26-11-10-24)5-3-2-4-12-6-8-13(9-7-12)17(18,19)20/h6-9,14,24H,2-5,10-11H2,1H3,(H2,21,22)(H,23,25). The van der Waals surface area contributed by atoms with E-state index >= 15 is 0 Å². The summed E-state index contributed by atoms with van der Waals surface area (Å²) in [6, 6.07) is 5.03. The van der Waals surface area contributed by atoms with Gasteiger partial charge in [-0.1, -0.05) is 18.6 Å². The molecule has 146 valence electrons. The van der Waals surface area contributed by atoms with Crippen molar-refractivity contribution in [1.82, 2.24) is 5.48 Å². The van der Waals surface area contributed by atoms with Crippen molar-refractivity contribution >= 4 is 11.7 Å². The first kappa shape index (κ1) is 21.9. The number of benzene rings is 1. The molecule has 6 nitrogen and oxygen atoms in total. The highest BCUT2D eigenvalue weighted by molar-refractivity contribution is 6.01. The molecule has 0 radical (unpaired) electrons. The summed E-state index contributed by atoms with van der Waals surface area (Å²) in [6.07, 6.45) is -2.00.